The molecule has 2 aromatic rings. The highest BCUT2D eigenvalue weighted by Crippen LogP contribution is 2.17. The predicted octanol–water partition coefficient (Wildman–Crippen LogP) is 2.44. The van der Waals surface area contributed by atoms with Crippen molar-refractivity contribution in [1.82, 2.24) is 10.3 Å². The average Bonchev–Trinajstić information content (AvgIpc) is 2.60. The molecule has 2 rings (SSSR count). The molecule has 0 aliphatic rings. The van der Waals surface area contributed by atoms with Crippen molar-refractivity contribution < 1.29 is 17.9 Å². The van der Waals surface area contributed by atoms with Gasteiger partial charge in [-0.15, -0.1) is 4.83 Å². The van der Waals surface area contributed by atoms with Gasteiger partial charge in [0.2, 0.25) is 0 Å². The first-order chi connectivity index (χ1) is 11.3. The van der Waals surface area contributed by atoms with Crippen molar-refractivity contribution in [3.63, 3.8) is 0 Å². The molecular weight excluding hydrogens is 328 g/mol. The van der Waals surface area contributed by atoms with E-state index in [9.17, 15) is 13.2 Å². The Labute approximate surface area is 141 Å². The molecule has 1 amide bonds. The summed E-state index contributed by atoms with van der Waals surface area (Å²) in [6.45, 7) is 4.05. The van der Waals surface area contributed by atoms with Gasteiger partial charge in [-0.2, -0.15) is 0 Å². The van der Waals surface area contributed by atoms with Crippen LogP contribution in [0, 0.1) is 0 Å². The van der Waals surface area contributed by atoms with Crippen LogP contribution in [0.2, 0.25) is 0 Å². The van der Waals surface area contributed by atoms with Gasteiger partial charge in [0.05, 0.1) is 12.0 Å². The number of carbonyl (C=O) groups excluding carboxylic acids is 1. The summed E-state index contributed by atoms with van der Waals surface area (Å²) in [5.41, 5.74) is 3.55. The lowest BCUT2D eigenvalue weighted by atomic mass is 10.0. The van der Waals surface area contributed by atoms with E-state index in [4.69, 9.17) is 4.74 Å². The molecular formula is C17H20N2O4S. The Balaban J connectivity index is 2.04. The third-order valence-corrected chi connectivity index (χ3v) is 4.77. The maximum Gasteiger partial charge on any atom is 0.266 e. The second kappa shape index (κ2) is 7.46. The summed E-state index contributed by atoms with van der Waals surface area (Å²) in [7, 11) is -2.30. The molecule has 0 aliphatic carbocycles. The van der Waals surface area contributed by atoms with Gasteiger partial charge in [-0.05, 0) is 47.9 Å². The number of ether oxygens (including phenoxy) is 1. The summed E-state index contributed by atoms with van der Waals surface area (Å²) in [5, 5.41) is 0. The van der Waals surface area contributed by atoms with Crippen LogP contribution in [0.4, 0.5) is 0 Å². The molecule has 24 heavy (non-hydrogen) atoms. The molecule has 0 radical (unpaired) electrons. The second-order valence-corrected chi connectivity index (χ2v) is 7.19. The fraction of sp³-hybridized carbons (Fsp3) is 0.235. The number of methoxy groups -OCH3 is 1. The van der Waals surface area contributed by atoms with E-state index in [0.717, 1.165) is 5.56 Å². The van der Waals surface area contributed by atoms with E-state index in [2.05, 4.69) is 10.3 Å². The van der Waals surface area contributed by atoms with Gasteiger partial charge in [-0.25, -0.2) is 8.42 Å². The van der Waals surface area contributed by atoms with Crippen molar-refractivity contribution in [3.8, 4) is 5.75 Å². The molecule has 0 spiro atoms. The molecule has 2 N–H and O–H groups in total. The third kappa shape index (κ3) is 4.33. The highest BCUT2D eigenvalue weighted by Gasteiger charge is 2.16. The Morgan fingerprint density at radius 2 is 1.58 bits per heavy atom. The molecule has 0 saturated carbocycles. The maximum absolute atomic E-state index is 12.2. The summed E-state index contributed by atoms with van der Waals surface area (Å²) in [5.74, 6) is 0.363. The van der Waals surface area contributed by atoms with E-state index >= 15 is 0 Å². The van der Waals surface area contributed by atoms with Crippen LogP contribution in [-0.4, -0.2) is 21.4 Å². The van der Waals surface area contributed by atoms with Gasteiger partial charge in [0.1, 0.15) is 5.75 Å². The average molecular weight is 348 g/mol. The van der Waals surface area contributed by atoms with E-state index in [-0.39, 0.29) is 4.90 Å². The summed E-state index contributed by atoms with van der Waals surface area (Å²) in [6, 6.07) is 12.9. The SMILES string of the molecule is COc1ccc(C(=O)NNS(=O)(=O)c2ccc(C(C)C)cc2)cc1. The van der Waals surface area contributed by atoms with Crippen molar-refractivity contribution in [2.75, 3.05) is 7.11 Å². The van der Waals surface area contributed by atoms with Crippen LogP contribution in [0.5, 0.6) is 5.75 Å². The van der Waals surface area contributed by atoms with E-state index in [1.54, 1.807) is 36.4 Å². The van der Waals surface area contributed by atoms with Crippen LogP contribution in [0.25, 0.3) is 0 Å². The van der Waals surface area contributed by atoms with Crippen molar-refractivity contribution in [2.24, 2.45) is 0 Å². The van der Waals surface area contributed by atoms with Gasteiger partial charge >= 0.3 is 0 Å². The van der Waals surface area contributed by atoms with Crippen LogP contribution >= 0.6 is 0 Å². The van der Waals surface area contributed by atoms with Crippen molar-refractivity contribution >= 4 is 15.9 Å². The molecule has 0 unspecified atom stereocenters. The highest BCUT2D eigenvalue weighted by molar-refractivity contribution is 7.89. The lowest BCUT2D eigenvalue weighted by Gasteiger charge is -2.10. The van der Waals surface area contributed by atoms with Crippen LogP contribution in [0.3, 0.4) is 0 Å². The number of rotatable bonds is 6. The van der Waals surface area contributed by atoms with Gasteiger partial charge < -0.3 is 4.74 Å². The molecule has 0 atom stereocenters. The number of amides is 1. The summed E-state index contributed by atoms with van der Waals surface area (Å²) >= 11 is 0. The lowest BCUT2D eigenvalue weighted by Crippen LogP contribution is -2.41. The molecule has 128 valence electrons. The highest BCUT2D eigenvalue weighted by atomic mass is 32.2. The Bertz CT molecular complexity index is 797. The number of carbonyl (C=O) groups is 1. The molecule has 0 fully saturated rings. The minimum Gasteiger partial charge on any atom is -0.497 e. The fourth-order valence-electron chi connectivity index (χ4n) is 2.02. The van der Waals surface area contributed by atoms with Crippen LogP contribution < -0.4 is 15.0 Å². The van der Waals surface area contributed by atoms with E-state index in [1.165, 1.54) is 19.2 Å². The minimum atomic E-state index is -3.83. The molecule has 0 heterocycles. The molecule has 0 bridgehead atoms. The summed E-state index contributed by atoms with van der Waals surface area (Å²) in [6.07, 6.45) is 0. The van der Waals surface area contributed by atoms with Gasteiger partial charge in [-0.1, -0.05) is 26.0 Å². The smallest absolute Gasteiger partial charge is 0.266 e. The zero-order valence-electron chi connectivity index (χ0n) is 13.7. The predicted molar refractivity (Wildman–Crippen MR) is 91.3 cm³/mol. The number of hydrogen-bond donors (Lipinski definition) is 2. The van der Waals surface area contributed by atoms with Crippen LogP contribution in [0.1, 0.15) is 35.7 Å². The third-order valence-electron chi connectivity index (χ3n) is 3.51. The standard InChI is InChI=1S/C17H20N2O4S/c1-12(2)13-6-10-16(11-7-13)24(21,22)19-18-17(20)14-4-8-15(23-3)9-5-14/h4-12,19H,1-3H3,(H,18,20). The largest absolute Gasteiger partial charge is 0.497 e. The molecule has 0 saturated heterocycles. The second-order valence-electron chi connectivity index (χ2n) is 5.51. The number of hydrazine groups is 1. The number of nitrogens with one attached hydrogen (secondary N) is 2. The van der Waals surface area contributed by atoms with Crippen molar-refractivity contribution in [2.45, 2.75) is 24.7 Å². The monoisotopic (exact) mass is 348 g/mol. The summed E-state index contributed by atoms with van der Waals surface area (Å²) in [4.78, 5) is 14.2. The lowest BCUT2D eigenvalue weighted by molar-refractivity contribution is 0.0945. The number of sulfonamides is 1. The molecule has 0 aromatic heterocycles. The maximum atomic E-state index is 12.2. The molecule has 2 aromatic carbocycles. The fourth-order valence-corrected chi connectivity index (χ4v) is 2.86. The quantitative estimate of drug-likeness (QED) is 0.785. The molecule has 6 nitrogen and oxygen atoms in total. The normalized spacial score (nSPS) is 11.3. The first-order valence-corrected chi connectivity index (χ1v) is 8.88. The van der Waals surface area contributed by atoms with Crippen molar-refractivity contribution in [3.05, 3.63) is 59.7 Å². The molecule has 0 aliphatic heterocycles. The topological polar surface area (TPSA) is 84.5 Å². The number of hydrogen-bond acceptors (Lipinski definition) is 4. The Kier molecular flexibility index (Phi) is 5.58. The van der Waals surface area contributed by atoms with E-state index in [1.807, 2.05) is 13.8 Å². The Morgan fingerprint density at radius 1 is 1.00 bits per heavy atom. The Hall–Kier alpha value is -2.38. The number of benzene rings is 2. The van der Waals surface area contributed by atoms with Gasteiger partial charge in [0.15, 0.2) is 0 Å². The first kappa shape index (κ1) is 18.0. The van der Waals surface area contributed by atoms with Gasteiger partial charge in [0, 0.05) is 5.56 Å². The molecule has 7 heteroatoms. The first-order valence-electron chi connectivity index (χ1n) is 7.39. The van der Waals surface area contributed by atoms with E-state index in [0.29, 0.717) is 17.2 Å². The van der Waals surface area contributed by atoms with Crippen LogP contribution in [-0.2, 0) is 10.0 Å². The summed E-state index contributed by atoms with van der Waals surface area (Å²) < 4.78 is 29.4. The minimum absolute atomic E-state index is 0.0851. The zero-order valence-corrected chi connectivity index (χ0v) is 14.6. The van der Waals surface area contributed by atoms with Crippen LogP contribution in [0.15, 0.2) is 53.4 Å². The van der Waals surface area contributed by atoms with Crippen molar-refractivity contribution in [1.29, 1.82) is 0 Å². The Morgan fingerprint density at radius 3 is 2.08 bits per heavy atom. The van der Waals surface area contributed by atoms with Gasteiger partial charge in [-0.3, -0.25) is 10.2 Å². The zero-order chi connectivity index (χ0) is 17.7. The van der Waals surface area contributed by atoms with E-state index < -0.39 is 15.9 Å². The van der Waals surface area contributed by atoms with Gasteiger partial charge in [0.25, 0.3) is 15.9 Å².